The monoisotopic (exact) mass is 284 g/mol. The molecular formula is C8H7F3N2O4S. The van der Waals surface area contributed by atoms with E-state index in [-0.39, 0.29) is 0 Å². The molecule has 10 heteroatoms. The van der Waals surface area contributed by atoms with Crippen molar-refractivity contribution in [2.45, 2.75) is 18.0 Å². The minimum absolute atomic E-state index is 0.447. The van der Waals surface area contributed by atoms with Gasteiger partial charge in [0.2, 0.25) is 10.0 Å². The molecular weight excluding hydrogens is 277 g/mol. The Morgan fingerprint density at radius 3 is 2.17 bits per heavy atom. The SMILES string of the molecule is Cc1c(C(F)(F)F)ccc(S(N)(=O)=O)c1[N+](=O)[O-]. The molecule has 0 atom stereocenters. The van der Waals surface area contributed by atoms with Crippen LogP contribution in [0.4, 0.5) is 18.9 Å². The lowest BCUT2D eigenvalue weighted by Crippen LogP contribution is -2.17. The summed E-state index contributed by atoms with van der Waals surface area (Å²) in [5, 5.41) is 15.4. The second-order valence-corrected chi connectivity index (χ2v) is 4.91. The van der Waals surface area contributed by atoms with Crippen LogP contribution in [-0.4, -0.2) is 13.3 Å². The maximum Gasteiger partial charge on any atom is 0.416 e. The number of nitrogens with two attached hydrogens (primary N) is 1. The number of primary sulfonamides is 1. The van der Waals surface area contributed by atoms with E-state index in [2.05, 4.69) is 0 Å². The fourth-order valence-corrected chi connectivity index (χ4v) is 2.19. The molecule has 0 bridgehead atoms. The number of nitro groups is 1. The zero-order valence-corrected chi connectivity index (χ0v) is 9.67. The van der Waals surface area contributed by atoms with E-state index in [1.54, 1.807) is 0 Å². The minimum atomic E-state index is -4.81. The number of nitro benzene ring substituents is 1. The van der Waals surface area contributed by atoms with Crippen LogP contribution < -0.4 is 5.14 Å². The van der Waals surface area contributed by atoms with Crippen molar-refractivity contribution in [1.82, 2.24) is 0 Å². The number of sulfonamides is 1. The lowest BCUT2D eigenvalue weighted by atomic mass is 10.1. The van der Waals surface area contributed by atoms with Crippen molar-refractivity contribution in [2.75, 3.05) is 0 Å². The Kier molecular flexibility index (Phi) is 3.36. The molecule has 0 fully saturated rings. The summed E-state index contributed by atoms with van der Waals surface area (Å²) in [5.74, 6) is 0. The summed E-state index contributed by atoms with van der Waals surface area (Å²) in [6.07, 6.45) is -4.81. The first-order chi connectivity index (χ1) is 7.96. The van der Waals surface area contributed by atoms with Gasteiger partial charge in [0.15, 0.2) is 4.90 Å². The third-order valence-electron chi connectivity index (χ3n) is 2.19. The molecule has 0 unspecified atom stereocenters. The van der Waals surface area contributed by atoms with Crippen LogP contribution in [0.3, 0.4) is 0 Å². The van der Waals surface area contributed by atoms with Gasteiger partial charge >= 0.3 is 6.18 Å². The van der Waals surface area contributed by atoms with Crippen LogP contribution in [-0.2, 0) is 16.2 Å². The summed E-state index contributed by atoms with van der Waals surface area (Å²) in [6.45, 7) is 0.815. The Labute approximate surface area is 99.4 Å². The topological polar surface area (TPSA) is 103 Å². The van der Waals surface area contributed by atoms with E-state index in [1.165, 1.54) is 0 Å². The highest BCUT2D eigenvalue weighted by atomic mass is 32.2. The van der Waals surface area contributed by atoms with Gasteiger partial charge in [0.25, 0.3) is 5.69 Å². The average molecular weight is 284 g/mol. The van der Waals surface area contributed by atoms with Gasteiger partial charge in [0, 0.05) is 5.56 Å². The standard InChI is InChI=1S/C8H7F3N2O4S/c1-4-5(8(9,10)11)2-3-6(18(12,16)17)7(4)13(14)15/h2-3H,1H3,(H2,12,16,17). The van der Waals surface area contributed by atoms with E-state index in [4.69, 9.17) is 5.14 Å². The van der Waals surface area contributed by atoms with E-state index in [0.717, 1.165) is 6.92 Å². The molecule has 0 saturated carbocycles. The third kappa shape index (κ3) is 2.59. The van der Waals surface area contributed by atoms with Gasteiger partial charge in [0.05, 0.1) is 10.5 Å². The van der Waals surface area contributed by atoms with E-state index in [0.29, 0.717) is 12.1 Å². The molecule has 0 saturated heterocycles. The van der Waals surface area contributed by atoms with Gasteiger partial charge in [-0.3, -0.25) is 10.1 Å². The van der Waals surface area contributed by atoms with Gasteiger partial charge in [-0.05, 0) is 19.1 Å². The van der Waals surface area contributed by atoms with E-state index >= 15 is 0 Å². The summed E-state index contributed by atoms with van der Waals surface area (Å²) < 4.78 is 59.7. The summed E-state index contributed by atoms with van der Waals surface area (Å²) in [4.78, 5) is 8.54. The number of hydrogen-bond acceptors (Lipinski definition) is 4. The normalized spacial score (nSPS) is 12.5. The van der Waals surface area contributed by atoms with E-state index in [9.17, 15) is 31.7 Å². The number of benzene rings is 1. The predicted molar refractivity (Wildman–Crippen MR) is 54.2 cm³/mol. The van der Waals surface area contributed by atoms with Crippen LogP contribution in [0.15, 0.2) is 17.0 Å². The quantitative estimate of drug-likeness (QED) is 0.657. The fourth-order valence-electron chi connectivity index (χ4n) is 1.44. The van der Waals surface area contributed by atoms with Gasteiger partial charge in [-0.1, -0.05) is 0 Å². The van der Waals surface area contributed by atoms with Gasteiger partial charge in [-0.25, -0.2) is 13.6 Å². The minimum Gasteiger partial charge on any atom is -0.258 e. The van der Waals surface area contributed by atoms with Crippen molar-refractivity contribution in [3.8, 4) is 0 Å². The molecule has 0 aliphatic heterocycles. The smallest absolute Gasteiger partial charge is 0.258 e. The maximum absolute atomic E-state index is 12.5. The molecule has 0 aliphatic carbocycles. The average Bonchev–Trinajstić information content (AvgIpc) is 2.12. The van der Waals surface area contributed by atoms with Crippen molar-refractivity contribution < 1.29 is 26.5 Å². The highest BCUT2D eigenvalue weighted by Crippen LogP contribution is 2.38. The number of nitrogens with zero attached hydrogens (tertiary/aromatic N) is 1. The Balaban J connectivity index is 3.75. The molecule has 1 aromatic rings. The molecule has 1 aromatic carbocycles. The number of rotatable bonds is 2. The molecule has 0 spiro atoms. The van der Waals surface area contributed by atoms with Gasteiger partial charge < -0.3 is 0 Å². The van der Waals surface area contributed by atoms with Crippen molar-refractivity contribution in [2.24, 2.45) is 5.14 Å². The lowest BCUT2D eigenvalue weighted by Gasteiger charge is -2.11. The van der Waals surface area contributed by atoms with Crippen molar-refractivity contribution in [1.29, 1.82) is 0 Å². The first-order valence-electron chi connectivity index (χ1n) is 4.34. The molecule has 0 aromatic heterocycles. The number of hydrogen-bond donors (Lipinski definition) is 1. The molecule has 0 radical (unpaired) electrons. The Morgan fingerprint density at radius 1 is 1.33 bits per heavy atom. The zero-order valence-electron chi connectivity index (χ0n) is 8.85. The van der Waals surface area contributed by atoms with Gasteiger partial charge in [-0.2, -0.15) is 13.2 Å². The Bertz CT molecular complexity index is 610. The van der Waals surface area contributed by atoms with E-state index in [1.807, 2.05) is 0 Å². The molecule has 0 aliphatic rings. The van der Waals surface area contributed by atoms with E-state index < -0.39 is 42.8 Å². The maximum atomic E-state index is 12.5. The first-order valence-corrected chi connectivity index (χ1v) is 5.89. The van der Waals surface area contributed by atoms with Crippen molar-refractivity contribution in [3.63, 3.8) is 0 Å². The second kappa shape index (κ2) is 4.21. The van der Waals surface area contributed by atoms with Crippen LogP contribution in [0.1, 0.15) is 11.1 Å². The second-order valence-electron chi connectivity index (χ2n) is 3.38. The Morgan fingerprint density at radius 2 is 1.83 bits per heavy atom. The highest BCUT2D eigenvalue weighted by Gasteiger charge is 2.37. The van der Waals surface area contributed by atoms with Crippen molar-refractivity contribution >= 4 is 15.7 Å². The molecule has 18 heavy (non-hydrogen) atoms. The molecule has 1 rings (SSSR count). The van der Waals surface area contributed by atoms with Gasteiger partial charge in [-0.15, -0.1) is 0 Å². The highest BCUT2D eigenvalue weighted by molar-refractivity contribution is 7.89. The van der Waals surface area contributed by atoms with Crippen LogP contribution in [0.2, 0.25) is 0 Å². The summed E-state index contributed by atoms with van der Waals surface area (Å²) in [6, 6.07) is 0.922. The molecule has 100 valence electrons. The third-order valence-corrected chi connectivity index (χ3v) is 3.13. The summed E-state index contributed by atoms with van der Waals surface area (Å²) in [7, 11) is -4.47. The molecule has 6 nitrogen and oxygen atoms in total. The van der Waals surface area contributed by atoms with Crippen LogP contribution >= 0.6 is 0 Å². The zero-order chi connectivity index (χ0) is 14.3. The van der Waals surface area contributed by atoms with Crippen molar-refractivity contribution in [3.05, 3.63) is 33.4 Å². The summed E-state index contributed by atoms with van der Waals surface area (Å²) >= 11 is 0. The Hall–Kier alpha value is -1.68. The van der Waals surface area contributed by atoms with Crippen LogP contribution in [0, 0.1) is 17.0 Å². The largest absolute Gasteiger partial charge is 0.416 e. The predicted octanol–water partition coefficient (Wildman–Crippen LogP) is 1.57. The van der Waals surface area contributed by atoms with Crippen LogP contribution in [0.25, 0.3) is 0 Å². The molecule has 0 heterocycles. The van der Waals surface area contributed by atoms with Crippen LogP contribution in [0.5, 0.6) is 0 Å². The molecule has 0 amide bonds. The lowest BCUT2D eigenvalue weighted by molar-refractivity contribution is -0.388. The molecule has 2 N–H and O–H groups in total. The van der Waals surface area contributed by atoms with Gasteiger partial charge in [0.1, 0.15) is 0 Å². The number of alkyl halides is 3. The fraction of sp³-hybridized carbons (Fsp3) is 0.250. The first kappa shape index (κ1) is 14.4. The summed E-state index contributed by atoms with van der Waals surface area (Å²) in [5.41, 5.74) is -3.23. The number of halogens is 3.